The molecule has 1 unspecified atom stereocenters. The average Bonchev–Trinajstić information content (AvgIpc) is 2.49. The van der Waals surface area contributed by atoms with Crippen LogP contribution in [0.15, 0.2) is 30.3 Å². The number of para-hydroxylation sites is 1. The molecule has 5 nitrogen and oxygen atoms in total. The molecule has 1 aliphatic heterocycles. The summed E-state index contributed by atoms with van der Waals surface area (Å²) in [6.07, 6.45) is 1.07. The van der Waals surface area contributed by atoms with Gasteiger partial charge in [0.2, 0.25) is 5.91 Å². The van der Waals surface area contributed by atoms with Crippen molar-refractivity contribution in [1.29, 1.82) is 0 Å². The molecule has 0 spiro atoms. The summed E-state index contributed by atoms with van der Waals surface area (Å²) in [4.78, 5) is 27.7. The standard InChI is InChI=1S/C15H14ClN3O2/c16-11-7-13(19-12-4-2-1-3-10(11)12)15(21)18-9-5-6-14(20)17-8-9/h1-4,7,9H,5-6,8H2,(H,17,20)(H,18,21). The Balaban J connectivity index is 1.80. The zero-order valence-corrected chi connectivity index (χ0v) is 12.0. The smallest absolute Gasteiger partial charge is 0.270 e. The lowest BCUT2D eigenvalue weighted by atomic mass is 10.1. The number of fused-ring (bicyclic) bond motifs is 1. The number of nitrogens with one attached hydrogen (secondary N) is 2. The average molecular weight is 304 g/mol. The monoisotopic (exact) mass is 303 g/mol. The summed E-state index contributed by atoms with van der Waals surface area (Å²) in [5, 5.41) is 6.93. The zero-order valence-electron chi connectivity index (χ0n) is 11.2. The number of hydrogen-bond acceptors (Lipinski definition) is 3. The van der Waals surface area contributed by atoms with E-state index in [0.717, 1.165) is 5.39 Å². The number of rotatable bonds is 2. The van der Waals surface area contributed by atoms with Crippen LogP contribution in [0.25, 0.3) is 10.9 Å². The Hall–Kier alpha value is -2.14. The first-order valence-corrected chi connectivity index (χ1v) is 7.14. The van der Waals surface area contributed by atoms with E-state index in [-0.39, 0.29) is 23.6 Å². The SMILES string of the molecule is O=C1CCC(NC(=O)c2cc(Cl)c3ccccc3n2)CN1. The first-order valence-electron chi connectivity index (χ1n) is 6.76. The second-order valence-corrected chi connectivity index (χ2v) is 5.43. The fourth-order valence-corrected chi connectivity index (χ4v) is 2.63. The Kier molecular flexibility index (Phi) is 3.75. The quantitative estimate of drug-likeness (QED) is 0.890. The third-order valence-corrected chi connectivity index (χ3v) is 3.81. The van der Waals surface area contributed by atoms with E-state index in [4.69, 9.17) is 11.6 Å². The molecule has 2 heterocycles. The van der Waals surface area contributed by atoms with Gasteiger partial charge in [0, 0.05) is 24.4 Å². The maximum atomic E-state index is 12.2. The molecule has 1 fully saturated rings. The van der Waals surface area contributed by atoms with Crippen molar-refractivity contribution in [2.75, 3.05) is 6.54 Å². The minimum Gasteiger partial charge on any atom is -0.354 e. The molecule has 0 saturated carbocycles. The molecule has 0 radical (unpaired) electrons. The topological polar surface area (TPSA) is 71.1 Å². The van der Waals surface area contributed by atoms with Gasteiger partial charge in [0.25, 0.3) is 5.91 Å². The van der Waals surface area contributed by atoms with Crippen LogP contribution in [0.1, 0.15) is 23.3 Å². The van der Waals surface area contributed by atoms with Crippen molar-refractivity contribution in [2.24, 2.45) is 0 Å². The van der Waals surface area contributed by atoms with E-state index in [1.54, 1.807) is 6.07 Å². The molecule has 0 bridgehead atoms. The Morgan fingerprint density at radius 3 is 2.95 bits per heavy atom. The number of nitrogens with zero attached hydrogens (tertiary/aromatic N) is 1. The molecular formula is C15H14ClN3O2. The first kappa shape index (κ1) is 13.8. The number of hydrogen-bond donors (Lipinski definition) is 2. The fraction of sp³-hybridized carbons (Fsp3) is 0.267. The van der Waals surface area contributed by atoms with Crippen LogP contribution in [-0.2, 0) is 4.79 Å². The number of benzene rings is 1. The van der Waals surface area contributed by atoms with Crippen LogP contribution in [0.4, 0.5) is 0 Å². The van der Waals surface area contributed by atoms with Crippen LogP contribution >= 0.6 is 11.6 Å². The highest BCUT2D eigenvalue weighted by molar-refractivity contribution is 6.35. The minimum atomic E-state index is -0.274. The Morgan fingerprint density at radius 1 is 1.38 bits per heavy atom. The maximum absolute atomic E-state index is 12.2. The predicted molar refractivity (Wildman–Crippen MR) is 80.3 cm³/mol. The number of halogens is 1. The molecule has 1 aliphatic rings. The van der Waals surface area contributed by atoms with E-state index in [0.29, 0.717) is 29.9 Å². The molecule has 3 rings (SSSR count). The van der Waals surface area contributed by atoms with Gasteiger partial charge < -0.3 is 10.6 Å². The van der Waals surface area contributed by atoms with E-state index in [9.17, 15) is 9.59 Å². The minimum absolute atomic E-state index is 0.0207. The van der Waals surface area contributed by atoms with Crippen molar-refractivity contribution >= 4 is 34.3 Å². The third-order valence-electron chi connectivity index (χ3n) is 3.50. The van der Waals surface area contributed by atoms with Gasteiger partial charge in [-0.3, -0.25) is 9.59 Å². The molecule has 1 aromatic heterocycles. The molecule has 21 heavy (non-hydrogen) atoms. The molecule has 2 aromatic rings. The molecular weight excluding hydrogens is 290 g/mol. The summed E-state index contributed by atoms with van der Waals surface area (Å²) in [5.74, 6) is -0.254. The van der Waals surface area contributed by atoms with Gasteiger partial charge in [-0.15, -0.1) is 0 Å². The van der Waals surface area contributed by atoms with Gasteiger partial charge in [0.05, 0.1) is 10.5 Å². The first-order chi connectivity index (χ1) is 10.1. The largest absolute Gasteiger partial charge is 0.354 e. The van der Waals surface area contributed by atoms with Crippen LogP contribution in [0.2, 0.25) is 5.02 Å². The number of piperidine rings is 1. The zero-order chi connectivity index (χ0) is 14.8. The summed E-state index contributed by atoms with van der Waals surface area (Å²) < 4.78 is 0. The molecule has 1 saturated heterocycles. The second-order valence-electron chi connectivity index (χ2n) is 5.02. The van der Waals surface area contributed by atoms with Crippen molar-refractivity contribution in [3.05, 3.63) is 41.0 Å². The lowest BCUT2D eigenvalue weighted by molar-refractivity contribution is -0.122. The number of carbonyl (C=O) groups is 2. The molecule has 6 heteroatoms. The van der Waals surface area contributed by atoms with Crippen molar-refractivity contribution in [3.63, 3.8) is 0 Å². The fourth-order valence-electron chi connectivity index (χ4n) is 2.36. The van der Waals surface area contributed by atoms with Gasteiger partial charge >= 0.3 is 0 Å². The summed E-state index contributed by atoms with van der Waals surface area (Å²) in [6.45, 7) is 0.450. The van der Waals surface area contributed by atoms with E-state index < -0.39 is 0 Å². The molecule has 108 valence electrons. The van der Waals surface area contributed by atoms with E-state index >= 15 is 0 Å². The molecule has 2 N–H and O–H groups in total. The van der Waals surface area contributed by atoms with Crippen LogP contribution in [-0.4, -0.2) is 29.4 Å². The normalized spacial score (nSPS) is 18.3. The predicted octanol–water partition coefficient (Wildman–Crippen LogP) is 1.90. The van der Waals surface area contributed by atoms with Gasteiger partial charge in [-0.1, -0.05) is 29.8 Å². The van der Waals surface area contributed by atoms with E-state index in [2.05, 4.69) is 15.6 Å². The summed E-state index contributed by atoms with van der Waals surface area (Å²) in [6, 6.07) is 8.91. The van der Waals surface area contributed by atoms with Crippen molar-refractivity contribution in [2.45, 2.75) is 18.9 Å². The van der Waals surface area contributed by atoms with Crippen molar-refractivity contribution in [1.82, 2.24) is 15.6 Å². The van der Waals surface area contributed by atoms with Crippen LogP contribution in [0.5, 0.6) is 0 Å². The Morgan fingerprint density at radius 2 is 2.19 bits per heavy atom. The summed E-state index contributed by atoms with van der Waals surface area (Å²) in [5.41, 5.74) is 0.975. The van der Waals surface area contributed by atoms with Gasteiger partial charge in [0.1, 0.15) is 5.69 Å². The van der Waals surface area contributed by atoms with Gasteiger partial charge in [-0.05, 0) is 18.6 Å². The maximum Gasteiger partial charge on any atom is 0.270 e. The van der Waals surface area contributed by atoms with Gasteiger partial charge in [-0.25, -0.2) is 4.98 Å². The Bertz CT molecular complexity index is 707. The Labute approximate surface area is 126 Å². The van der Waals surface area contributed by atoms with E-state index in [1.165, 1.54) is 0 Å². The van der Waals surface area contributed by atoms with Gasteiger partial charge in [-0.2, -0.15) is 0 Å². The number of aromatic nitrogens is 1. The molecule has 1 atom stereocenters. The molecule has 1 aromatic carbocycles. The lowest BCUT2D eigenvalue weighted by Gasteiger charge is -2.23. The number of pyridine rings is 1. The van der Waals surface area contributed by atoms with Crippen molar-refractivity contribution in [3.8, 4) is 0 Å². The molecule has 0 aliphatic carbocycles. The third kappa shape index (κ3) is 2.97. The lowest BCUT2D eigenvalue weighted by Crippen LogP contribution is -2.47. The number of amides is 2. The van der Waals surface area contributed by atoms with Crippen LogP contribution in [0.3, 0.4) is 0 Å². The van der Waals surface area contributed by atoms with Crippen molar-refractivity contribution < 1.29 is 9.59 Å². The van der Waals surface area contributed by atoms with Crippen LogP contribution in [0, 0.1) is 0 Å². The highest BCUT2D eigenvalue weighted by atomic mass is 35.5. The number of carbonyl (C=O) groups excluding carboxylic acids is 2. The highest BCUT2D eigenvalue weighted by Gasteiger charge is 2.21. The van der Waals surface area contributed by atoms with Crippen LogP contribution < -0.4 is 10.6 Å². The highest BCUT2D eigenvalue weighted by Crippen LogP contribution is 2.22. The van der Waals surface area contributed by atoms with Gasteiger partial charge in [0.15, 0.2) is 0 Å². The van der Waals surface area contributed by atoms with E-state index in [1.807, 2.05) is 24.3 Å². The second kappa shape index (κ2) is 5.69. The summed E-state index contributed by atoms with van der Waals surface area (Å²) in [7, 11) is 0. The summed E-state index contributed by atoms with van der Waals surface area (Å²) >= 11 is 6.19. The molecule has 2 amide bonds.